The number of imide groups is 1. The molecule has 1 unspecified atom stereocenters. The van der Waals surface area contributed by atoms with Crippen LogP contribution in [0, 0.1) is 0 Å². The first-order valence-electron chi connectivity index (χ1n) is 7.94. The van der Waals surface area contributed by atoms with Gasteiger partial charge in [-0.2, -0.15) is 0 Å². The highest BCUT2D eigenvalue weighted by Gasteiger charge is 2.34. The number of nitrogens with zero attached hydrogens (tertiary/aromatic N) is 1. The number of nitrogens with one attached hydrogen (secondary N) is 1. The molecule has 0 fully saturated rings. The van der Waals surface area contributed by atoms with Gasteiger partial charge in [-0.15, -0.1) is 0 Å². The van der Waals surface area contributed by atoms with Gasteiger partial charge < -0.3 is 14.8 Å². The standard InChI is InChI=1S/C17H26N2O6/c1-16(2,3)24-14(22)11(18-15(23)25-17(4,5)6)8-10-9-12(20)19(7)13(10)21/h9,11H,8H2,1-7H3,(H,18,23). The van der Waals surface area contributed by atoms with Crippen molar-refractivity contribution in [3.05, 3.63) is 11.6 Å². The topological polar surface area (TPSA) is 102 Å². The molecular formula is C17H26N2O6. The van der Waals surface area contributed by atoms with Gasteiger partial charge in [0.1, 0.15) is 17.2 Å². The molecule has 0 saturated carbocycles. The summed E-state index contributed by atoms with van der Waals surface area (Å²) in [6.07, 6.45) is 0.175. The molecular weight excluding hydrogens is 328 g/mol. The maximum absolute atomic E-state index is 12.4. The van der Waals surface area contributed by atoms with Crippen molar-refractivity contribution in [2.24, 2.45) is 0 Å². The lowest BCUT2D eigenvalue weighted by Gasteiger charge is -2.26. The highest BCUT2D eigenvalue weighted by atomic mass is 16.6. The molecule has 1 rings (SSSR count). The van der Waals surface area contributed by atoms with E-state index in [2.05, 4.69) is 5.32 Å². The number of carbonyl (C=O) groups excluding carboxylic acids is 4. The van der Waals surface area contributed by atoms with Gasteiger partial charge in [-0.1, -0.05) is 0 Å². The van der Waals surface area contributed by atoms with Crippen molar-refractivity contribution in [1.82, 2.24) is 10.2 Å². The molecule has 0 bridgehead atoms. The molecule has 1 heterocycles. The number of amides is 3. The van der Waals surface area contributed by atoms with Crippen molar-refractivity contribution in [3.63, 3.8) is 0 Å². The molecule has 140 valence electrons. The fourth-order valence-corrected chi connectivity index (χ4v) is 2.01. The summed E-state index contributed by atoms with van der Waals surface area (Å²) in [6.45, 7) is 10.1. The van der Waals surface area contributed by atoms with Gasteiger partial charge in [-0.3, -0.25) is 14.5 Å². The van der Waals surface area contributed by atoms with E-state index in [-0.39, 0.29) is 12.0 Å². The quantitative estimate of drug-likeness (QED) is 0.607. The summed E-state index contributed by atoms with van der Waals surface area (Å²) in [7, 11) is 1.35. The Morgan fingerprint density at radius 1 is 1.08 bits per heavy atom. The van der Waals surface area contributed by atoms with E-state index in [0.29, 0.717) is 0 Å². The summed E-state index contributed by atoms with van der Waals surface area (Å²) in [5.74, 6) is -1.70. The predicted molar refractivity (Wildman–Crippen MR) is 89.5 cm³/mol. The van der Waals surface area contributed by atoms with E-state index in [1.807, 2.05) is 0 Å². The third-order valence-electron chi connectivity index (χ3n) is 3.01. The van der Waals surface area contributed by atoms with E-state index in [1.54, 1.807) is 41.5 Å². The summed E-state index contributed by atoms with van der Waals surface area (Å²) >= 11 is 0. The summed E-state index contributed by atoms with van der Waals surface area (Å²) < 4.78 is 10.4. The average molecular weight is 354 g/mol. The summed E-state index contributed by atoms with van der Waals surface area (Å²) in [5, 5.41) is 2.41. The largest absolute Gasteiger partial charge is 0.458 e. The number of alkyl carbamates (subject to hydrolysis) is 1. The third-order valence-corrected chi connectivity index (χ3v) is 3.01. The molecule has 1 aliphatic rings. The van der Waals surface area contributed by atoms with Crippen molar-refractivity contribution in [2.75, 3.05) is 7.05 Å². The molecule has 0 aliphatic carbocycles. The number of esters is 1. The molecule has 8 nitrogen and oxygen atoms in total. The number of carbonyl (C=O) groups is 4. The number of hydrogen-bond acceptors (Lipinski definition) is 6. The van der Waals surface area contributed by atoms with Gasteiger partial charge in [0.2, 0.25) is 0 Å². The van der Waals surface area contributed by atoms with Crippen LogP contribution in [-0.4, -0.2) is 53.1 Å². The van der Waals surface area contributed by atoms with Crippen molar-refractivity contribution >= 4 is 23.9 Å². The Morgan fingerprint density at radius 2 is 1.60 bits per heavy atom. The number of likely N-dealkylation sites (N-methyl/N-ethyl adjacent to an activating group) is 1. The van der Waals surface area contributed by atoms with Crippen LogP contribution in [0.2, 0.25) is 0 Å². The SMILES string of the molecule is CN1C(=O)C=C(CC(NC(=O)OC(C)(C)C)C(=O)OC(C)(C)C)C1=O. The Bertz CT molecular complexity index is 610. The highest BCUT2D eigenvalue weighted by molar-refractivity contribution is 6.16. The molecule has 8 heteroatoms. The molecule has 0 spiro atoms. The van der Waals surface area contributed by atoms with Gasteiger partial charge in [-0.25, -0.2) is 9.59 Å². The van der Waals surface area contributed by atoms with Crippen LogP contribution in [0.5, 0.6) is 0 Å². The van der Waals surface area contributed by atoms with Gasteiger partial charge in [0.25, 0.3) is 11.8 Å². The van der Waals surface area contributed by atoms with Crippen LogP contribution >= 0.6 is 0 Å². The number of ether oxygens (including phenoxy) is 2. The van der Waals surface area contributed by atoms with Crippen LogP contribution in [0.3, 0.4) is 0 Å². The van der Waals surface area contributed by atoms with Crippen molar-refractivity contribution < 1.29 is 28.7 Å². The third kappa shape index (κ3) is 6.56. The van der Waals surface area contributed by atoms with Crippen LogP contribution in [0.25, 0.3) is 0 Å². The predicted octanol–water partition coefficient (Wildman–Crippen LogP) is 1.54. The van der Waals surface area contributed by atoms with Gasteiger partial charge >= 0.3 is 12.1 Å². The fraction of sp³-hybridized carbons (Fsp3) is 0.647. The maximum atomic E-state index is 12.4. The molecule has 1 N–H and O–H groups in total. The first-order valence-corrected chi connectivity index (χ1v) is 7.94. The Labute approximate surface area is 147 Å². The van der Waals surface area contributed by atoms with Crippen LogP contribution in [0.15, 0.2) is 11.6 Å². The average Bonchev–Trinajstić information content (AvgIpc) is 2.61. The Kier molecular flexibility index (Phi) is 5.99. The van der Waals surface area contributed by atoms with E-state index in [4.69, 9.17) is 9.47 Å². The minimum atomic E-state index is -1.15. The minimum Gasteiger partial charge on any atom is -0.458 e. The molecule has 25 heavy (non-hydrogen) atoms. The van der Waals surface area contributed by atoms with Crippen LogP contribution in [-0.2, 0) is 23.9 Å². The van der Waals surface area contributed by atoms with E-state index < -0.39 is 41.1 Å². The van der Waals surface area contributed by atoms with E-state index in [0.717, 1.165) is 11.0 Å². The lowest BCUT2D eigenvalue weighted by molar-refractivity contribution is -0.157. The molecule has 1 atom stereocenters. The maximum Gasteiger partial charge on any atom is 0.408 e. The minimum absolute atomic E-state index is 0.124. The molecule has 0 aromatic carbocycles. The summed E-state index contributed by atoms with van der Waals surface area (Å²) in [4.78, 5) is 48.9. The molecule has 0 aromatic heterocycles. The Morgan fingerprint density at radius 3 is 2.00 bits per heavy atom. The van der Waals surface area contributed by atoms with Crippen molar-refractivity contribution in [3.8, 4) is 0 Å². The van der Waals surface area contributed by atoms with Crippen molar-refractivity contribution in [2.45, 2.75) is 65.2 Å². The Balaban J connectivity index is 2.94. The number of rotatable bonds is 4. The van der Waals surface area contributed by atoms with Gasteiger partial charge in [0.15, 0.2) is 0 Å². The summed E-state index contributed by atoms with van der Waals surface area (Å²) in [5.41, 5.74) is -1.40. The van der Waals surface area contributed by atoms with Gasteiger partial charge in [0, 0.05) is 25.1 Å². The molecule has 3 amide bonds. The molecule has 0 saturated heterocycles. The molecule has 0 aromatic rings. The fourth-order valence-electron chi connectivity index (χ4n) is 2.01. The second kappa shape index (κ2) is 7.25. The zero-order valence-corrected chi connectivity index (χ0v) is 15.8. The normalized spacial score (nSPS) is 16.4. The first-order chi connectivity index (χ1) is 11.2. The monoisotopic (exact) mass is 354 g/mol. The second-order valence-corrected chi connectivity index (χ2v) is 7.81. The van der Waals surface area contributed by atoms with Crippen LogP contribution < -0.4 is 5.32 Å². The van der Waals surface area contributed by atoms with E-state index in [9.17, 15) is 19.2 Å². The summed E-state index contributed by atoms with van der Waals surface area (Å²) in [6, 6.07) is -1.15. The lowest BCUT2D eigenvalue weighted by atomic mass is 10.1. The van der Waals surface area contributed by atoms with Crippen LogP contribution in [0.4, 0.5) is 4.79 Å². The van der Waals surface area contributed by atoms with Crippen LogP contribution in [0.1, 0.15) is 48.0 Å². The molecule has 0 radical (unpaired) electrons. The lowest BCUT2D eigenvalue weighted by Crippen LogP contribution is -2.46. The second-order valence-electron chi connectivity index (χ2n) is 7.81. The smallest absolute Gasteiger partial charge is 0.408 e. The zero-order valence-electron chi connectivity index (χ0n) is 15.8. The highest BCUT2D eigenvalue weighted by Crippen LogP contribution is 2.19. The first kappa shape index (κ1) is 20.7. The van der Waals surface area contributed by atoms with Crippen molar-refractivity contribution in [1.29, 1.82) is 0 Å². The van der Waals surface area contributed by atoms with E-state index >= 15 is 0 Å². The Hall–Kier alpha value is -2.38. The van der Waals surface area contributed by atoms with Gasteiger partial charge in [-0.05, 0) is 41.5 Å². The van der Waals surface area contributed by atoms with Gasteiger partial charge in [0.05, 0.1) is 0 Å². The number of hydrogen-bond donors (Lipinski definition) is 1. The van der Waals surface area contributed by atoms with E-state index in [1.165, 1.54) is 7.05 Å². The zero-order chi connectivity index (χ0) is 19.6. The molecule has 1 aliphatic heterocycles.